The number of nitrogens with one attached hydrogen (secondary N) is 1. The van der Waals surface area contributed by atoms with Crippen molar-refractivity contribution >= 4 is 17.5 Å². The van der Waals surface area contributed by atoms with Gasteiger partial charge in [0.1, 0.15) is 11.6 Å². The maximum atomic E-state index is 11.5. The summed E-state index contributed by atoms with van der Waals surface area (Å²) in [5, 5.41) is 3.60. The van der Waals surface area contributed by atoms with Crippen LogP contribution in [0.5, 0.6) is 0 Å². The van der Waals surface area contributed by atoms with Crippen LogP contribution in [0.2, 0.25) is 0 Å². The molecule has 148 valence electrons. The van der Waals surface area contributed by atoms with Crippen LogP contribution in [0.3, 0.4) is 0 Å². The monoisotopic (exact) mass is 371 g/mol. The average molecular weight is 372 g/mol. The van der Waals surface area contributed by atoms with Crippen LogP contribution in [-0.2, 0) is 4.79 Å². The van der Waals surface area contributed by atoms with Crippen molar-refractivity contribution in [3.8, 4) is 0 Å². The van der Waals surface area contributed by atoms with Crippen LogP contribution in [0, 0.1) is 0 Å². The lowest BCUT2D eigenvalue weighted by Crippen LogP contribution is -2.48. The lowest BCUT2D eigenvalue weighted by atomic mass is 9.91. The highest BCUT2D eigenvalue weighted by molar-refractivity contribution is 5.79. The van der Waals surface area contributed by atoms with Crippen LogP contribution in [0.1, 0.15) is 64.2 Å². The van der Waals surface area contributed by atoms with Gasteiger partial charge in [-0.2, -0.15) is 4.98 Å². The Hall–Kier alpha value is -1.69. The summed E-state index contributed by atoms with van der Waals surface area (Å²) >= 11 is 0. The van der Waals surface area contributed by atoms with Crippen molar-refractivity contribution in [2.75, 3.05) is 36.4 Å². The summed E-state index contributed by atoms with van der Waals surface area (Å²) in [4.78, 5) is 25.8. The van der Waals surface area contributed by atoms with Crippen molar-refractivity contribution < 1.29 is 4.79 Å². The third-order valence-electron chi connectivity index (χ3n) is 6.39. The van der Waals surface area contributed by atoms with Gasteiger partial charge in [-0.05, 0) is 51.1 Å². The minimum Gasteiger partial charge on any atom is -0.356 e. The quantitative estimate of drug-likeness (QED) is 0.877. The fourth-order valence-electron chi connectivity index (χ4n) is 4.82. The first-order chi connectivity index (χ1) is 13.3. The van der Waals surface area contributed by atoms with E-state index in [0.29, 0.717) is 17.9 Å². The molecule has 0 amide bonds. The van der Waals surface area contributed by atoms with Crippen molar-refractivity contribution in [3.63, 3.8) is 0 Å². The average Bonchev–Trinajstić information content (AvgIpc) is 2.99. The summed E-state index contributed by atoms with van der Waals surface area (Å²) in [5.74, 6) is 2.27. The second-order valence-corrected chi connectivity index (χ2v) is 8.39. The molecule has 6 heteroatoms. The third-order valence-corrected chi connectivity index (χ3v) is 6.39. The molecular formula is C21H33N5O. The first kappa shape index (κ1) is 18.7. The van der Waals surface area contributed by atoms with E-state index in [1.54, 1.807) is 0 Å². The first-order valence-corrected chi connectivity index (χ1v) is 10.9. The number of carbonyl (C=O) groups is 1. The zero-order valence-electron chi connectivity index (χ0n) is 16.4. The fraction of sp³-hybridized carbons (Fsp3) is 0.762. The van der Waals surface area contributed by atoms with Gasteiger partial charge in [0.2, 0.25) is 5.95 Å². The lowest BCUT2D eigenvalue weighted by molar-refractivity contribution is -0.121. The molecule has 1 aromatic heterocycles. The molecular weight excluding hydrogens is 338 g/mol. The van der Waals surface area contributed by atoms with Crippen molar-refractivity contribution in [2.24, 2.45) is 0 Å². The molecule has 0 bridgehead atoms. The van der Waals surface area contributed by atoms with Crippen LogP contribution in [0.4, 0.5) is 11.8 Å². The molecule has 6 nitrogen and oxygen atoms in total. The molecule has 1 N–H and O–H groups in total. The predicted molar refractivity (Wildman–Crippen MR) is 108 cm³/mol. The largest absolute Gasteiger partial charge is 0.356 e. The van der Waals surface area contributed by atoms with E-state index in [1.807, 2.05) is 12.3 Å². The number of hydrogen-bond acceptors (Lipinski definition) is 6. The molecule has 2 aliphatic heterocycles. The zero-order chi connectivity index (χ0) is 18.5. The molecule has 3 heterocycles. The number of rotatable bonds is 4. The van der Waals surface area contributed by atoms with Gasteiger partial charge in [0, 0.05) is 50.8 Å². The van der Waals surface area contributed by atoms with Gasteiger partial charge in [-0.3, -0.25) is 9.69 Å². The highest BCUT2D eigenvalue weighted by Crippen LogP contribution is 2.25. The second kappa shape index (κ2) is 9.00. The van der Waals surface area contributed by atoms with E-state index >= 15 is 0 Å². The zero-order valence-corrected chi connectivity index (χ0v) is 16.4. The fourth-order valence-corrected chi connectivity index (χ4v) is 4.82. The highest BCUT2D eigenvalue weighted by atomic mass is 16.1. The van der Waals surface area contributed by atoms with Crippen LogP contribution in [0.25, 0.3) is 0 Å². The Labute approximate surface area is 162 Å². The lowest BCUT2D eigenvalue weighted by Gasteiger charge is -2.40. The first-order valence-electron chi connectivity index (χ1n) is 10.9. The van der Waals surface area contributed by atoms with E-state index < -0.39 is 0 Å². The van der Waals surface area contributed by atoms with Crippen molar-refractivity contribution in [3.05, 3.63) is 12.3 Å². The predicted octanol–water partition coefficient (Wildman–Crippen LogP) is 3.25. The van der Waals surface area contributed by atoms with Crippen molar-refractivity contribution in [1.29, 1.82) is 0 Å². The Morgan fingerprint density at radius 2 is 1.74 bits per heavy atom. The molecule has 1 unspecified atom stereocenters. The van der Waals surface area contributed by atoms with Gasteiger partial charge in [-0.15, -0.1) is 0 Å². The Morgan fingerprint density at radius 3 is 2.52 bits per heavy atom. The molecule has 1 saturated carbocycles. The maximum absolute atomic E-state index is 11.5. The van der Waals surface area contributed by atoms with Gasteiger partial charge in [0.25, 0.3) is 0 Å². The Kier molecular flexibility index (Phi) is 6.22. The Bertz CT molecular complexity index is 619. The number of anilines is 2. The molecule has 3 aliphatic rings. The van der Waals surface area contributed by atoms with Gasteiger partial charge in [0.15, 0.2) is 0 Å². The number of hydrogen-bond donors (Lipinski definition) is 1. The summed E-state index contributed by atoms with van der Waals surface area (Å²) in [5.41, 5.74) is 0. The number of aromatic nitrogens is 2. The molecule has 4 rings (SSSR count). The van der Waals surface area contributed by atoms with Gasteiger partial charge in [0.05, 0.1) is 0 Å². The van der Waals surface area contributed by atoms with Crippen LogP contribution < -0.4 is 10.2 Å². The molecule has 1 atom stereocenters. The summed E-state index contributed by atoms with van der Waals surface area (Å²) in [6, 6.07) is 3.02. The third kappa shape index (κ3) is 4.98. The molecule has 1 aliphatic carbocycles. The van der Waals surface area contributed by atoms with Crippen LogP contribution in [0.15, 0.2) is 12.3 Å². The van der Waals surface area contributed by atoms with Crippen molar-refractivity contribution in [2.45, 2.75) is 76.3 Å². The number of piperidine rings is 1. The topological polar surface area (TPSA) is 61.4 Å². The molecule has 0 aromatic carbocycles. The number of ketones is 1. The SMILES string of the molecule is O=C1CCC(N2CCCC(Nc3nccc(N4CCCCCC4)n3)C2)CC1. The molecule has 2 saturated heterocycles. The smallest absolute Gasteiger partial charge is 0.224 e. The van der Waals surface area contributed by atoms with Crippen LogP contribution in [-0.4, -0.2) is 58.9 Å². The van der Waals surface area contributed by atoms with Gasteiger partial charge in [-0.25, -0.2) is 4.98 Å². The summed E-state index contributed by atoms with van der Waals surface area (Å²) in [6.45, 7) is 4.41. The van der Waals surface area contributed by atoms with Gasteiger partial charge in [-0.1, -0.05) is 12.8 Å². The van der Waals surface area contributed by atoms with E-state index in [-0.39, 0.29) is 0 Å². The molecule has 3 fully saturated rings. The Balaban J connectivity index is 1.35. The summed E-state index contributed by atoms with van der Waals surface area (Å²) < 4.78 is 0. The number of Topliss-reactive ketones (excluding diaryl/α,β-unsaturated/α-hetero) is 1. The minimum atomic E-state index is 0.399. The van der Waals surface area contributed by atoms with E-state index in [0.717, 1.165) is 63.6 Å². The standard InChI is InChI=1S/C21H33N5O/c27-19-9-7-18(8-10-19)26-15-5-6-17(16-26)23-21-22-12-11-20(24-21)25-13-3-1-2-4-14-25/h11-12,17-18H,1-10,13-16H2,(H,22,23,24). The molecule has 0 radical (unpaired) electrons. The van der Waals surface area contributed by atoms with E-state index in [1.165, 1.54) is 38.5 Å². The molecule has 27 heavy (non-hydrogen) atoms. The van der Waals surface area contributed by atoms with Crippen LogP contribution >= 0.6 is 0 Å². The van der Waals surface area contributed by atoms with Gasteiger partial charge >= 0.3 is 0 Å². The van der Waals surface area contributed by atoms with E-state index in [2.05, 4.69) is 20.1 Å². The highest BCUT2D eigenvalue weighted by Gasteiger charge is 2.29. The number of carbonyl (C=O) groups excluding carboxylic acids is 1. The maximum Gasteiger partial charge on any atom is 0.224 e. The van der Waals surface area contributed by atoms with E-state index in [9.17, 15) is 4.79 Å². The summed E-state index contributed by atoms with van der Waals surface area (Å²) in [7, 11) is 0. The van der Waals surface area contributed by atoms with Gasteiger partial charge < -0.3 is 10.2 Å². The molecule has 1 aromatic rings. The second-order valence-electron chi connectivity index (χ2n) is 8.39. The normalized spacial score (nSPS) is 26.0. The minimum absolute atomic E-state index is 0.399. The number of likely N-dealkylation sites (tertiary alicyclic amines) is 1. The van der Waals surface area contributed by atoms with Crippen molar-refractivity contribution in [1.82, 2.24) is 14.9 Å². The van der Waals surface area contributed by atoms with E-state index in [4.69, 9.17) is 4.98 Å². The molecule has 0 spiro atoms. The number of nitrogens with zero attached hydrogens (tertiary/aromatic N) is 4. The Morgan fingerprint density at radius 1 is 0.963 bits per heavy atom. The summed E-state index contributed by atoms with van der Waals surface area (Å²) in [6.07, 6.45) is 13.0.